The molecule has 1 atom stereocenters. The van der Waals surface area contributed by atoms with Crippen LogP contribution in [0.4, 0.5) is 0 Å². The summed E-state index contributed by atoms with van der Waals surface area (Å²) in [6, 6.07) is 16.9. The second kappa shape index (κ2) is 8.51. The van der Waals surface area contributed by atoms with Crippen LogP contribution in [-0.2, 0) is 22.6 Å². The molecule has 0 saturated carbocycles. The summed E-state index contributed by atoms with van der Waals surface area (Å²) in [5.74, 6) is -0.365. The standard InChI is InChI=1S/C18H22BNO3/c1-14-8-10-15(11-9-14)12-17(20-19(2)22)18(21)23-13-16-6-4-3-5-7-16/h3-11,17,20,22H,12-13H2,1-2H3. The first-order chi connectivity index (χ1) is 11.0. The monoisotopic (exact) mass is 311 g/mol. The zero-order chi connectivity index (χ0) is 16.7. The third-order valence-electron chi connectivity index (χ3n) is 3.51. The van der Waals surface area contributed by atoms with E-state index in [0.29, 0.717) is 6.42 Å². The lowest BCUT2D eigenvalue weighted by Gasteiger charge is -2.18. The summed E-state index contributed by atoms with van der Waals surface area (Å²) >= 11 is 0. The van der Waals surface area contributed by atoms with E-state index in [1.54, 1.807) is 6.82 Å². The maximum Gasteiger partial charge on any atom is 0.374 e. The summed E-state index contributed by atoms with van der Waals surface area (Å²) in [6.07, 6.45) is 0.471. The lowest BCUT2D eigenvalue weighted by molar-refractivity contribution is -0.147. The van der Waals surface area contributed by atoms with Gasteiger partial charge in [-0.2, -0.15) is 0 Å². The molecule has 2 N–H and O–H groups in total. The Hall–Kier alpha value is -2.11. The molecule has 0 spiro atoms. The Morgan fingerprint density at radius 2 is 1.78 bits per heavy atom. The highest BCUT2D eigenvalue weighted by atomic mass is 16.5. The third-order valence-corrected chi connectivity index (χ3v) is 3.51. The van der Waals surface area contributed by atoms with Crippen molar-refractivity contribution < 1.29 is 14.6 Å². The fourth-order valence-corrected chi connectivity index (χ4v) is 2.29. The van der Waals surface area contributed by atoms with Gasteiger partial charge in [-0.05, 0) is 31.3 Å². The van der Waals surface area contributed by atoms with Crippen molar-refractivity contribution >= 4 is 13.0 Å². The van der Waals surface area contributed by atoms with Gasteiger partial charge < -0.3 is 15.0 Å². The first-order valence-corrected chi connectivity index (χ1v) is 7.75. The molecule has 5 heteroatoms. The number of nitrogens with one attached hydrogen (secondary N) is 1. The minimum Gasteiger partial charge on any atom is -0.460 e. The normalized spacial score (nSPS) is 11.8. The average Bonchev–Trinajstić information content (AvgIpc) is 2.54. The number of carbonyl (C=O) groups is 1. The molecule has 0 aliphatic carbocycles. The fourth-order valence-electron chi connectivity index (χ4n) is 2.29. The molecule has 2 rings (SSSR count). The average molecular weight is 311 g/mol. The topological polar surface area (TPSA) is 58.6 Å². The molecule has 2 aromatic rings. The van der Waals surface area contributed by atoms with Crippen LogP contribution in [0.1, 0.15) is 16.7 Å². The molecular weight excluding hydrogens is 289 g/mol. The van der Waals surface area contributed by atoms with Gasteiger partial charge >= 0.3 is 13.0 Å². The lowest BCUT2D eigenvalue weighted by Crippen LogP contribution is -2.46. The number of aryl methyl sites for hydroxylation is 1. The predicted molar refractivity (Wildman–Crippen MR) is 91.9 cm³/mol. The first kappa shape index (κ1) is 17.3. The van der Waals surface area contributed by atoms with Crippen LogP contribution in [0.25, 0.3) is 0 Å². The van der Waals surface area contributed by atoms with Crippen LogP contribution in [0.2, 0.25) is 6.82 Å². The van der Waals surface area contributed by atoms with Crippen LogP contribution >= 0.6 is 0 Å². The second-order valence-electron chi connectivity index (χ2n) is 5.68. The summed E-state index contributed by atoms with van der Waals surface area (Å²) < 4.78 is 5.37. The first-order valence-electron chi connectivity index (χ1n) is 7.75. The van der Waals surface area contributed by atoms with Gasteiger partial charge in [-0.3, -0.25) is 4.79 Å². The number of ether oxygens (including phenoxy) is 1. The Morgan fingerprint density at radius 3 is 2.39 bits per heavy atom. The van der Waals surface area contributed by atoms with Gasteiger partial charge in [0.1, 0.15) is 12.6 Å². The molecule has 120 valence electrons. The van der Waals surface area contributed by atoms with Crippen molar-refractivity contribution in [2.24, 2.45) is 0 Å². The van der Waals surface area contributed by atoms with Crippen molar-refractivity contribution in [3.05, 3.63) is 71.3 Å². The number of carbonyl (C=O) groups excluding carboxylic acids is 1. The molecule has 0 saturated heterocycles. The van der Waals surface area contributed by atoms with Crippen LogP contribution < -0.4 is 5.23 Å². The van der Waals surface area contributed by atoms with E-state index in [1.807, 2.05) is 61.5 Å². The number of benzene rings is 2. The Labute approximate surface area is 137 Å². The summed E-state index contributed by atoms with van der Waals surface area (Å²) in [4.78, 5) is 12.3. The van der Waals surface area contributed by atoms with Crippen LogP contribution in [0.3, 0.4) is 0 Å². The van der Waals surface area contributed by atoms with Crippen LogP contribution in [0.5, 0.6) is 0 Å². The van der Waals surface area contributed by atoms with Gasteiger partial charge in [0.25, 0.3) is 0 Å². The zero-order valence-electron chi connectivity index (χ0n) is 13.5. The smallest absolute Gasteiger partial charge is 0.374 e. The molecule has 23 heavy (non-hydrogen) atoms. The largest absolute Gasteiger partial charge is 0.460 e. The van der Waals surface area contributed by atoms with Crippen molar-refractivity contribution in [1.29, 1.82) is 0 Å². The summed E-state index contributed by atoms with van der Waals surface area (Å²) in [5, 5.41) is 12.4. The van der Waals surface area contributed by atoms with E-state index >= 15 is 0 Å². The van der Waals surface area contributed by atoms with Gasteiger partial charge in [0, 0.05) is 0 Å². The Morgan fingerprint density at radius 1 is 1.13 bits per heavy atom. The van der Waals surface area contributed by atoms with E-state index < -0.39 is 13.1 Å². The van der Waals surface area contributed by atoms with E-state index in [2.05, 4.69) is 5.23 Å². The summed E-state index contributed by atoms with van der Waals surface area (Å²) in [5.41, 5.74) is 3.12. The molecule has 0 fully saturated rings. The molecule has 0 radical (unpaired) electrons. The van der Waals surface area contributed by atoms with Gasteiger partial charge in [-0.25, -0.2) is 0 Å². The van der Waals surface area contributed by atoms with Gasteiger partial charge in [-0.1, -0.05) is 60.2 Å². The highest BCUT2D eigenvalue weighted by molar-refractivity contribution is 6.46. The minimum atomic E-state index is -0.783. The molecule has 0 aliphatic heterocycles. The summed E-state index contributed by atoms with van der Waals surface area (Å²) in [6.45, 7) is 3.83. The quantitative estimate of drug-likeness (QED) is 0.609. The maximum atomic E-state index is 12.3. The highest BCUT2D eigenvalue weighted by Gasteiger charge is 2.23. The molecule has 0 heterocycles. The molecule has 4 nitrogen and oxygen atoms in total. The molecule has 0 amide bonds. The van der Waals surface area contributed by atoms with E-state index in [9.17, 15) is 9.82 Å². The van der Waals surface area contributed by atoms with E-state index in [-0.39, 0.29) is 12.6 Å². The maximum absolute atomic E-state index is 12.3. The van der Waals surface area contributed by atoms with Gasteiger partial charge in [0.2, 0.25) is 0 Å². The van der Waals surface area contributed by atoms with Gasteiger partial charge in [-0.15, -0.1) is 0 Å². The molecule has 2 aromatic carbocycles. The molecule has 0 bridgehead atoms. The molecule has 1 unspecified atom stereocenters. The SMILES string of the molecule is CB(O)NC(Cc1ccc(C)cc1)C(=O)OCc1ccccc1. The van der Waals surface area contributed by atoms with Crippen LogP contribution in [0.15, 0.2) is 54.6 Å². The van der Waals surface area contributed by atoms with E-state index in [4.69, 9.17) is 4.74 Å². The second-order valence-corrected chi connectivity index (χ2v) is 5.68. The lowest BCUT2D eigenvalue weighted by atomic mass is 9.86. The Kier molecular flexibility index (Phi) is 6.38. The Bertz CT molecular complexity index is 614. The van der Waals surface area contributed by atoms with Crippen molar-refractivity contribution in [2.45, 2.75) is 32.8 Å². The Balaban J connectivity index is 1.98. The van der Waals surface area contributed by atoms with Crippen molar-refractivity contribution in [2.75, 3.05) is 0 Å². The van der Waals surface area contributed by atoms with Gasteiger partial charge in [0.15, 0.2) is 0 Å². The molecule has 0 aromatic heterocycles. The van der Waals surface area contributed by atoms with Crippen LogP contribution in [0, 0.1) is 6.92 Å². The highest BCUT2D eigenvalue weighted by Crippen LogP contribution is 2.09. The van der Waals surface area contributed by atoms with Crippen molar-refractivity contribution in [3.8, 4) is 0 Å². The van der Waals surface area contributed by atoms with E-state index in [1.165, 1.54) is 5.56 Å². The summed E-state index contributed by atoms with van der Waals surface area (Å²) in [7, 11) is -0.783. The predicted octanol–water partition coefficient (Wildman–Crippen LogP) is 2.35. The number of hydrogen-bond acceptors (Lipinski definition) is 4. The van der Waals surface area contributed by atoms with Crippen molar-refractivity contribution in [3.63, 3.8) is 0 Å². The molecule has 0 aliphatic rings. The minimum absolute atomic E-state index is 0.228. The van der Waals surface area contributed by atoms with Gasteiger partial charge in [0.05, 0.1) is 0 Å². The third kappa shape index (κ3) is 5.89. The van der Waals surface area contributed by atoms with E-state index in [0.717, 1.165) is 11.1 Å². The molecular formula is C18H22BNO3. The number of rotatable bonds is 7. The number of esters is 1. The zero-order valence-corrected chi connectivity index (χ0v) is 13.5. The van der Waals surface area contributed by atoms with Crippen LogP contribution in [-0.4, -0.2) is 24.1 Å². The number of hydrogen-bond donors (Lipinski definition) is 2. The fraction of sp³-hybridized carbons (Fsp3) is 0.278. The van der Waals surface area contributed by atoms with Crippen molar-refractivity contribution in [1.82, 2.24) is 5.23 Å².